The van der Waals surface area contributed by atoms with E-state index >= 15 is 0 Å². The van der Waals surface area contributed by atoms with Gasteiger partial charge in [-0.1, -0.05) is 12.8 Å². The van der Waals surface area contributed by atoms with Crippen LogP contribution in [-0.4, -0.2) is 21.3 Å². The maximum atomic E-state index is 6.46. The highest BCUT2D eigenvalue weighted by molar-refractivity contribution is 6.21. The zero-order chi connectivity index (χ0) is 12.9. The number of hydrogen-bond acceptors (Lipinski definition) is 2. The fraction of sp³-hybridized carbons (Fsp3) is 0.786. The van der Waals surface area contributed by atoms with Crippen LogP contribution >= 0.6 is 11.6 Å². The van der Waals surface area contributed by atoms with Gasteiger partial charge in [-0.15, -0.1) is 11.6 Å². The third kappa shape index (κ3) is 1.59. The molecule has 2 unspecified atom stereocenters. The lowest BCUT2D eigenvalue weighted by molar-refractivity contribution is -0.0363. The average molecular weight is 269 g/mol. The van der Waals surface area contributed by atoms with Crippen LogP contribution in [0, 0.1) is 19.3 Å². The molecule has 3 rings (SSSR count). The van der Waals surface area contributed by atoms with E-state index in [1.54, 1.807) is 0 Å². The minimum absolute atomic E-state index is 0.246. The number of aryl methyl sites for hydroxylation is 2. The number of nitrogens with zero attached hydrogens (tertiary/aromatic N) is 2. The van der Waals surface area contributed by atoms with E-state index in [0.29, 0.717) is 11.5 Å². The van der Waals surface area contributed by atoms with Crippen molar-refractivity contribution >= 4 is 11.6 Å². The van der Waals surface area contributed by atoms with E-state index < -0.39 is 0 Å². The zero-order valence-electron chi connectivity index (χ0n) is 11.4. The second-order valence-corrected chi connectivity index (χ2v) is 6.40. The summed E-state index contributed by atoms with van der Waals surface area (Å²) >= 11 is 6.46. The minimum Gasteiger partial charge on any atom is -0.486 e. The monoisotopic (exact) mass is 268 g/mol. The first kappa shape index (κ1) is 12.3. The molecule has 1 aromatic rings. The van der Waals surface area contributed by atoms with Gasteiger partial charge in [0, 0.05) is 24.3 Å². The van der Waals surface area contributed by atoms with Crippen molar-refractivity contribution in [1.29, 1.82) is 0 Å². The predicted molar refractivity (Wildman–Crippen MR) is 72.3 cm³/mol. The fourth-order valence-corrected chi connectivity index (χ4v) is 4.12. The fourth-order valence-electron chi connectivity index (χ4n) is 3.60. The molecule has 2 aliphatic carbocycles. The van der Waals surface area contributed by atoms with E-state index in [4.69, 9.17) is 16.3 Å². The summed E-state index contributed by atoms with van der Waals surface area (Å²) < 4.78 is 8.16. The Bertz CT molecular complexity index is 463. The van der Waals surface area contributed by atoms with Gasteiger partial charge >= 0.3 is 0 Å². The van der Waals surface area contributed by atoms with Crippen molar-refractivity contribution in [2.45, 2.75) is 57.4 Å². The van der Waals surface area contributed by atoms with Crippen LogP contribution in [0.3, 0.4) is 0 Å². The van der Waals surface area contributed by atoms with Crippen LogP contribution in [0.15, 0.2) is 0 Å². The van der Waals surface area contributed by atoms with E-state index in [2.05, 4.69) is 12.0 Å². The number of rotatable bonds is 2. The summed E-state index contributed by atoms with van der Waals surface area (Å²) in [6.45, 7) is 4.08. The summed E-state index contributed by atoms with van der Waals surface area (Å²) in [4.78, 5) is 0. The van der Waals surface area contributed by atoms with Crippen molar-refractivity contribution in [2.24, 2.45) is 12.5 Å². The molecular formula is C14H21ClN2O. The molecule has 0 N–H and O–H groups in total. The lowest BCUT2D eigenvalue weighted by Gasteiger charge is -2.50. The summed E-state index contributed by atoms with van der Waals surface area (Å²) in [5.74, 6) is 0.970. The molecule has 2 aliphatic rings. The Kier molecular flexibility index (Phi) is 2.85. The first-order valence-electron chi connectivity index (χ1n) is 6.85. The Hall–Kier alpha value is -0.700. The third-order valence-corrected chi connectivity index (χ3v) is 5.54. The van der Waals surface area contributed by atoms with Crippen molar-refractivity contribution in [3.8, 4) is 5.75 Å². The van der Waals surface area contributed by atoms with Gasteiger partial charge in [-0.2, -0.15) is 5.10 Å². The molecule has 2 atom stereocenters. The van der Waals surface area contributed by atoms with Gasteiger partial charge < -0.3 is 4.74 Å². The lowest BCUT2D eigenvalue weighted by atomic mass is 9.64. The molecule has 4 heteroatoms. The number of aromatic nitrogens is 2. The number of hydrogen-bond donors (Lipinski definition) is 0. The first-order valence-corrected chi connectivity index (χ1v) is 7.29. The van der Waals surface area contributed by atoms with E-state index in [1.165, 1.54) is 25.7 Å². The van der Waals surface area contributed by atoms with Gasteiger partial charge in [0.25, 0.3) is 0 Å². The molecule has 0 amide bonds. The second kappa shape index (κ2) is 4.16. The van der Waals surface area contributed by atoms with Gasteiger partial charge in [-0.3, -0.25) is 4.68 Å². The van der Waals surface area contributed by atoms with E-state index in [0.717, 1.165) is 23.6 Å². The Labute approximate surface area is 113 Å². The van der Waals surface area contributed by atoms with Crippen molar-refractivity contribution in [1.82, 2.24) is 9.78 Å². The van der Waals surface area contributed by atoms with Gasteiger partial charge in [-0.05, 0) is 26.7 Å². The minimum atomic E-state index is 0.246. The molecule has 0 radical (unpaired) electrons. The van der Waals surface area contributed by atoms with E-state index in [1.807, 2.05) is 18.7 Å². The van der Waals surface area contributed by atoms with Gasteiger partial charge in [0.1, 0.15) is 11.8 Å². The Morgan fingerprint density at radius 1 is 1.33 bits per heavy atom. The summed E-state index contributed by atoms with van der Waals surface area (Å²) in [6, 6.07) is 0. The summed E-state index contributed by atoms with van der Waals surface area (Å²) in [5, 5.41) is 4.72. The molecule has 1 heterocycles. The molecule has 2 fully saturated rings. The maximum Gasteiger partial charge on any atom is 0.163 e. The Balaban J connectivity index is 1.81. The predicted octanol–water partition coefficient (Wildman–Crippen LogP) is 3.36. The van der Waals surface area contributed by atoms with Gasteiger partial charge in [0.2, 0.25) is 0 Å². The normalized spacial score (nSPS) is 29.6. The zero-order valence-corrected chi connectivity index (χ0v) is 12.1. The molecule has 0 aliphatic heterocycles. The highest BCUT2D eigenvalue weighted by atomic mass is 35.5. The van der Waals surface area contributed by atoms with Crippen LogP contribution in [-0.2, 0) is 7.05 Å². The van der Waals surface area contributed by atoms with Crippen LogP contribution in [0.1, 0.15) is 43.5 Å². The van der Waals surface area contributed by atoms with Crippen LogP contribution in [0.5, 0.6) is 5.75 Å². The smallest absolute Gasteiger partial charge is 0.163 e. The van der Waals surface area contributed by atoms with Crippen LogP contribution in [0.2, 0.25) is 0 Å². The first-order chi connectivity index (χ1) is 8.54. The van der Waals surface area contributed by atoms with E-state index in [9.17, 15) is 0 Å². The van der Waals surface area contributed by atoms with Crippen LogP contribution in [0.4, 0.5) is 0 Å². The summed E-state index contributed by atoms with van der Waals surface area (Å²) in [7, 11) is 1.96. The summed E-state index contributed by atoms with van der Waals surface area (Å²) in [6.07, 6.45) is 6.33. The summed E-state index contributed by atoms with van der Waals surface area (Å²) in [5.41, 5.74) is 2.34. The highest BCUT2D eigenvalue weighted by Gasteiger charge is 2.57. The molecular weight excluding hydrogens is 248 g/mol. The highest BCUT2D eigenvalue weighted by Crippen LogP contribution is 2.57. The molecule has 1 aromatic heterocycles. The molecule has 2 saturated carbocycles. The van der Waals surface area contributed by atoms with Gasteiger partial charge in [0.05, 0.1) is 5.69 Å². The molecule has 0 bridgehead atoms. The van der Waals surface area contributed by atoms with Crippen LogP contribution in [0.25, 0.3) is 0 Å². The van der Waals surface area contributed by atoms with Crippen molar-refractivity contribution in [3.63, 3.8) is 0 Å². The average Bonchev–Trinajstić information content (AvgIpc) is 2.92. The van der Waals surface area contributed by atoms with Crippen molar-refractivity contribution in [2.75, 3.05) is 0 Å². The Morgan fingerprint density at radius 2 is 2.00 bits per heavy atom. The number of halogens is 1. The largest absolute Gasteiger partial charge is 0.486 e. The van der Waals surface area contributed by atoms with Gasteiger partial charge in [0.15, 0.2) is 5.75 Å². The molecule has 0 saturated heterocycles. The van der Waals surface area contributed by atoms with Crippen LogP contribution < -0.4 is 4.74 Å². The molecule has 3 nitrogen and oxygen atoms in total. The quantitative estimate of drug-likeness (QED) is 0.769. The molecule has 0 aromatic carbocycles. The number of ether oxygens (including phenoxy) is 1. The standard InChI is InChI=1S/C14H21ClN2O/c1-9-13(10(2)17(3)16-9)18-12-8-11(15)14(12)6-4-5-7-14/h11-12H,4-8H2,1-3H3. The Morgan fingerprint density at radius 3 is 2.50 bits per heavy atom. The topological polar surface area (TPSA) is 27.1 Å². The molecule has 1 spiro atoms. The molecule has 100 valence electrons. The maximum absolute atomic E-state index is 6.46. The number of alkyl halides is 1. The molecule has 18 heavy (non-hydrogen) atoms. The lowest BCUT2D eigenvalue weighted by Crippen LogP contribution is -2.55. The van der Waals surface area contributed by atoms with E-state index in [-0.39, 0.29) is 5.41 Å². The SMILES string of the molecule is Cc1nn(C)c(C)c1OC1CC(Cl)C12CCCC2. The second-order valence-electron chi connectivity index (χ2n) is 5.87. The van der Waals surface area contributed by atoms with Crippen molar-refractivity contribution < 1.29 is 4.74 Å². The van der Waals surface area contributed by atoms with Gasteiger partial charge in [-0.25, -0.2) is 0 Å². The third-order valence-electron chi connectivity index (χ3n) is 4.92. The van der Waals surface area contributed by atoms with Crippen molar-refractivity contribution in [3.05, 3.63) is 11.4 Å².